The quantitative estimate of drug-likeness (QED) is 0.606. The minimum absolute atomic E-state index is 0.496. The number of rotatable bonds is 7. The fourth-order valence-electron chi connectivity index (χ4n) is 2.84. The average Bonchev–Trinajstić information content (AvgIpc) is 2.80. The molecule has 1 aromatic rings. The summed E-state index contributed by atoms with van der Waals surface area (Å²) in [5.74, 6) is 1.56. The van der Waals surface area contributed by atoms with Gasteiger partial charge in [-0.15, -0.1) is 0 Å². The molecule has 0 unspecified atom stereocenters. The number of hydrogen-bond acceptors (Lipinski definition) is 3. The minimum Gasteiger partial charge on any atom is -0.493 e. The molecular formula is C18H27NO2. The first-order chi connectivity index (χ1) is 10.3. The summed E-state index contributed by atoms with van der Waals surface area (Å²) in [7, 11) is 1.68. The second-order valence-electron chi connectivity index (χ2n) is 5.65. The van der Waals surface area contributed by atoms with Gasteiger partial charge < -0.3 is 14.8 Å². The maximum absolute atomic E-state index is 5.58. The monoisotopic (exact) mass is 289 g/mol. The molecule has 1 fully saturated rings. The van der Waals surface area contributed by atoms with Crippen LogP contribution in [0.2, 0.25) is 0 Å². The van der Waals surface area contributed by atoms with Gasteiger partial charge in [0.2, 0.25) is 0 Å². The largest absolute Gasteiger partial charge is 0.493 e. The zero-order valence-corrected chi connectivity index (χ0v) is 13.1. The molecule has 1 aliphatic rings. The van der Waals surface area contributed by atoms with Crippen molar-refractivity contribution in [1.82, 2.24) is 5.32 Å². The van der Waals surface area contributed by atoms with Gasteiger partial charge in [0, 0.05) is 12.6 Å². The van der Waals surface area contributed by atoms with E-state index < -0.39 is 0 Å². The number of methoxy groups -OCH3 is 1. The van der Waals surface area contributed by atoms with E-state index in [2.05, 4.69) is 24.0 Å². The minimum atomic E-state index is 0.496. The number of nitrogens with one attached hydrogen (secondary N) is 1. The third-order valence-electron chi connectivity index (χ3n) is 4.03. The van der Waals surface area contributed by atoms with Gasteiger partial charge in [-0.25, -0.2) is 0 Å². The molecule has 0 amide bonds. The van der Waals surface area contributed by atoms with Gasteiger partial charge in [0.05, 0.1) is 7.11 Å². The van der Waals surface area contributed by atoms with Crippen LogP contribution in [0.15, 0.2) is 30.9 Å². The predicted octanol–water partition coefficient (Wildman–Crippen LogP) is 4.07. The van der Waals surface area contributed by atoms with E-state index in [1.807, 2.05) is 6.07 Å². The Balaban J connectivity index is 1.91. The fraction of sp³-hybridized carbons (Fsp3) is 0.556. The molecule has 3 nitrogen and oxygen atoms in total. The van der Waals surface area contributed by atoms with Crippen LogP contribution >= 0.6 is 0 Å². The van der Waals surface area contributed by atoms with E-state index in [0.717, 1.165) is 18.0 Å². The lowest BCUT2D eigenvalue weighted by molar-refractivity contribution is 0.326. The summed E-state index contributed by atoms with van der Waals surface area (Å²) in [4.78, 5) is 0. The molecule has 0 aliphatic heterocycles. The van der Waals surface area contributed by atoms with E-state index in [1.165, 1.54) is 44.1 Å². The van der Waals surface area contributed by atoms with Crippen LogP contribution in [-0.4, -0.2) is 19.8 Å². The number of benzene rings is 1. The van der Waals surface area contributed by atoms with E-state index in [9.17, 15) is 0 Å². The lowest BCUT2D eigenvalue weighted by Gasteiger charge is -2.17. The zero-order valence-electron chi connectivity index (χ0n) is 13.1. The van der Waals surface area contributed by atoms with Crippen molar-refractivity contribution in [3.8, 4) is 11.5 Å². The summed E-state index contributed by atoms with van der Waals surface area (Å²) >= 11 is 0. The first-order valence-electron chi connectivity index (χ1n) is 7.97. The Morgan fingerprint density at radius 3 is 2.62 bits per heavy atom. The summed E-state index contributed by atoms with van der Waals surface area (Å²) in [6.07, 6.45) is 9.84. The van der Waals surface area contributed by atoms with Crippen LogP contribution in [0.3, 0.4) is 0 Å². The van der Waals surface area contributed by atoms with Gasteiger partial charge in [-0.1, -0.05) is 44.4 Å². The molecule has 2 rings (SSSR count). The Labute approximate surface area is 128 Å². The van der Waals surface area contributed by atoms with Gasteiger partial charge in [-0.2, -0.15) is 0 Å². The molecule has 1 aromatic carbocycles. The molecule has 1 saturated carbocycles. The Morgan fingerprint density at radius 1 is 1.19 bits per heavy atom. The first kappa shape index (κ1) is 15.9. The molecule has 1 N–H and O–H groups in total. The van der Waals surface area contributed by atoms with Crippen LogP contribution in [-0.2, 0) is 6.54 Å². The Hall–Kier alpha value is -1.48. The normalized spacial score (nSPS) is 16.2. The highest BCUT2D eigenvalue weighted by Crippen LogP contribution is 2.28. The SMILES string of the molecule is C=CCOc1ccc(CNC2CCCCCC2)cc1OC. The summed E-state index contributed by atoms with van der Waals surface area (Å²) in [5.41, 5.74) is 1.24. The van der Waals surface area contributed by atoms with E-state index in [4.69, 9.17) is 9.47 Å². The second-order valence-corrected chi connectivity index (χ2v) is 5.65. The van der Waals surface area contributed by atoms with E-state index in [-0.39, 0.29) is 0 Å². The van der Waals surface area contributed by atoms with Gasteiger partial charge in [0.25, 0.3) is 0 Å². The molecule has 0 radical (unpaired) electrons. The molecule has 0 bridgehead atoms. The van der Waals surface area contributed by atoms with Crippen LogP contribution in [0, 0.1) is 0 Å². The third kappa shape index (κ3) is 5.09. The van der Waals surface area contributed by atoms with Gasteiger partial charge >= 0.3 is 0 Å². The summed E-state index contributed by atoms with van der Waals surface area (Å²) < 4.78 is 11.0. The molecule has 0 atom stereocenters. The summed E-state index contributed by atoms with van der Waals surface area (Å²) in [6.45, 7) is 5.05. The molecule has 0 aromatic heterocycles. The summed E-state index contributed by atoms with van der Waals surface area (Å²) in [6, 6.07) is 6.80. The van der Waals surface area contributed by atoms with Crippen LogP contribution in [0.1, 0.15) is 44.1 Å². The fourth-order valence-corrected chi connectivity index (χ4v) is 2.84. The topological polar surface area (TPSA) is 30.5 Å². The van der Waals surface area contributed by atoms with Crippen molar-refractivity contribution in [3.63, 3.8) is 0 Å². The van der Waals surface area contributed by atoms with Crippen molar-refractivity contribution in [3.05, 3.63) is 36.4 Å². The third-order valence-corrected chi connectivity index (χ3v) is 4.03. The van der Waals surface area contributed by atoms with Crippen molar-refractivity contribution >= 4 is 0 Å². The van der Waals surface area contributed by atoms with Gasteiger partial charge in [0.1, 0.15) is 6.61 Å². The van der Waals surface area contributed by atoms with Crippen molar-refractivity contribution < 1.29 is 9.47 Å². The zero-order chi connectivity index (χ0) is 14.9. The van der Waals surface area contributed by atoms with Gasteiger partial charge in [0.15, 0.2) is 11.5 Å². The highest BCUT2D eigenvalue weighted by Gasteiger charge is 2.12. The van der Waals surface area contributed by atoms with Crippen LogP contribution < -0.4 is 14.8 Å². The van der Waals surface area contributed by atoms with Crippen LogP contribution in [0.25, 0.3) is 0 Å². The summed E-state index contributed by atoms with van der Waals surface area (Å²) in [5, 5.41) is 3.68. The van der Waals surface area contributed by atoms with E-state index in [0.29, 0.717) is 12.6 Å². The maximum atomic E-state index is 5.58. The van der Waals surface area contributed by atoms with E-state index in [1.54, 1.807) is 13.2 Å². The van der Waals surface area contributed by atoms with Crippen molar-refractivity contribution in [2.45, 2.75) is 51.1 Å². The van der Waals surface area contributed by atoms with E-state index >= 15 is 0 Å². The van der Waals surface area contributed by atoms with Crippen molar-refractivity contribution in [2.24, 2.45) is 0 Å². The van der Waals surface area contributed by atoms with Crippen LogP contribution in [0.4, 0.5) is 0 Å². The Bertz CT molecular complexity index is 437. The van der Waals surface area contributed by atoms with Crippen molar-refractivity contribution in [1.29, 1.82) is 0 Å². The molecule has 116 valence electrons. The van der Waals surface area contributed by atoms with Gasteiger partial charge in [-0.05, 0) is 30.5 Å². The van der Waals surface area contributed by atoms with Crippen molar-refractivity contribution in [2.75, 3.05) is 13.7 Å². The Morgan fingerprint density at radius 2 is 1.95 bits per heavy atom. The lowest BCUT2D eigenvalue weighted by atomic mass is 10.1. The number of hydrogen-bond donors (Lipinski definition) is 1. The van der Waals surface area contributed by atoms with Gasteiger partial charge in [-0.3, -0.25) is 0 Å². The highest BCUT2D eigenvalue weighted by molar-refractivity contribution is 5.43. The highest BCUT2D eigenvalue weighted by atomic mass is 16.5. The molecule has 1 aliphatic carbocycles. The predicted molar refractivity (Wildman–Crippen MR) is 87.0 cm³/mol. The standard InChI is InChI=1S/C18H27NO2/c1-3-12-21-17-11-10-15(13-18(17)20-2)14-19-16-8-6-4-5-7-9-16/h3,10-11,13,16,19H,1,4-9,12,14H2,2H3. The number of ether oxygens (including phenoxy) is 2. The molecular weight excluding hydrogens is 262 g/mol. The smallest absolute Gasteiger partial charge is 0.161 e. The average molecular weight is 289 g/mol. The van der Waals surface area contributed by atoms with Crippen LogP contribution in [0.5, 0.6) is 11.5 Å². The second kappa shape index (κ2) is 8.73. The molecule has 0 saturated heterocycles. The molecule has 3 heteroatoms. The Kier molecular flexibility index (Phi) is 6.61. The molecule has 0 spiro atoms. The molecule has 0 heterocycles. The lowest BCUT2D eigenvalue weighted by Crippen LogP contribution is -2.27. The molecule has 21 heavy (non-hydrogen) atoms. The maximum Gasteiger partial charge on any atom is 0.161 e. The first-order valence-corrected chi connectivity index (χ1v) is 7.97.